The van der Waals surface area contributed by atoms with Crippen LogP contribution in [-0.4, -0.2) is 23.4 Å². The highest BCUT2D eigenvalue weighted by atomic mass is 16.5. The molecule has 0 aliphatic heterocycles. The molecule has 176 valence electrons. The molecular weight excluding hydrogens is 432 g/mol. The molecule has 0 bridgehead atoms. The van der Waals surface area contributed by atoms with Gasteiger partial charge >= 0.3 is 0 Å². The Balaban J connectivity index is 1.51. The Hall–Kier alpha value is -3.80. The van der Waals surface area contributed by atoms with Gasteiger partial charge < -0.3 is 19.7 Å². The first-order valence-electron chi connectivity index (χ1n) is 11.6. The van der Waals surface area contributed by atoms with E-state index in [1.165, 1.54) is 0 Å². The van der Waals surface area contributed by atoms with Crippen molar-refractivity contribution in [3.8, 4) is 28.0 Å². The summed E-state index contributed by atoms with van der Waals surface area (Å²) >= 11 is 0. The van der Waals surface area contributed by atoms with Crippen molar-refractivity contribution in [2.45, 2.75) is 39.5 Å². The van der Waals surface area contributed by atoms with Crippen LogP contribution in [0.4, 0.5) is 0 Å². The van der Waals surface area contributed by atoms with Gasteiger partial charge in [-0.05, 0) is 35.1 Å². The van der Waals surface area contributed by atoms with E-state index in [-0.39, 0.29) is 17.3 Å². The monoisotopic (exact) mass is 460 g/mol. The third-order valence-corrected chi connectivity index (χ3v) is 5.94. The Morgan fingerprint density at radius 2 is 1.15 bits per heavy atom. The minimum atomic E-state index is -0.558. The molecule has 0 heterocycles. The lowest BCUT2D eigenvalue weighted by Gasteiger charge is -2.24. The summed E-state index contributed by atoms with van der Waals surface area (Å²) < 4.78 is 11.2. The van der Waals surface area contributed by atoms with Crippen molar-refractivity contribution in [1.82, 2.24) is 0 Å². The Labute approximate surface area is 198 Å². The molecule has 0 radical (unpaired) electrons. The highest BCUT2D eigenvalue weighted by molar-refractivity contribution is 5.88. The second kappa shape index (κ2) is 10.00. The van der Waals surface area contributed by atoms with Crippen LogP contribution in [0.3, 0.4) is 0 Å². The van der Waals surface area contributed by atoms with E-state index < -0.39 is 10.9 Å². The third-order valence-electron chi connectivity index (χ3n) is 5.94. The molecule has 0 spiro atoms. The van der Waals surface area contributed by atoms with Crippen molar-refractivity contribution >= 4 is 5.57 Å². The van der Waals surface area contributed by atoms with Gasteiger partial charge in [-0.2, -0.15) is 0 Å². The molecule has 0 atom stereocenters. The van der Waals surface area contributed by atoms with Gasteiger partial charge in [0.15, 0.2) is 17.3 Å². The van der Waals surface area contributed by atoms with E-state index in [9.17, 15) is 19.8 Å². The number of rotatable bonds is 11. The van der Waals surface area contributed by atoms with Gasteiger partial charge in [0.2, 0.25) is 11.2 Å². The second-order valence-corrected chi connectivity index (χ2v) is 8.32. The predicted molar refractivity (Wildman–Crippen MR) is 133 cm³/mol. The molecule has 6 heteroatoms. The molecule has 0 saturated carbocycles. The number of allylic oxidation sites excluding steroid dienone is 1. The summed E-state index contributed by atoms with van der Waals surface area (Å²) in [5.41, 5.74) is 3.08. The molecule has 0 saturated heterocycles. The maximum Gasteiger partial charge on any atom is 0.268 e. The zero-order chi connectivity index (χ0) is 24.2. The fraction of sp³-hybridized carbons (Fsp3) is 0.286. The van der Waals surface area contributed by atoms with E-state index in [4.69, 9.17) is 9.47 Å². The van der Waals surface area contributed by atoms with E-state index in [2.05, 4.69) is 6.92 Å². The van der Waals surface area contributed by atoms with Gasteiger partial charge in [-0.25, -0.2) is 0 Å². The van der Waals surface area contributed by atoms with Gasteiger partial charge in [-0.15, -0.1) is 0 Å². The molecule has 1 aliphatic carbocycles. The minimum absolute atomic E-state index is 0.159. The summed E-state index contributed by atoms with van der Waals surface area (Å²) in [6.45, 7) is 4.99. The lowest BCUT2D eigenvalue weighted by molar-refractivity contribution is 0.173. The number of aliphatic hydroxyl groups excluding tert-OH is 2. The minimum Gasteiger partial charge on any atom is -0.504 e. The summed E-state index contributed by atoms with van der Waals surface area (Å²) in [7, 11) is 0. The van der Waals surface area contributed by atoms with Gasteiger partial charge in [0, 0.05) is 0 Å². The fourth-order valence-corrected chi connectivity index (χ4v) is 3.86. The quantitative estimate of drug-likeness (QED) is 0.283. The molecule has 4 rings (SSSR count). The molecule has 3 aromatic carbocycles. The van der Waals surface area contributed by atoms with Crippen LogP contribution < -0.4 is 15.6 Å². The second-order valence-electron chi connectivity index (χ2n) is 8.32. The number of ether oxygens (including phenoxy) is 2. The van der Waals surface area contributed by atoms with E-state index >= 15 is 0 Å². The molecule has 1 aliphatic rings. The molecule has 34 heavy (non-hydrogen) atoms. The maximum atomic E-state index is 12.1. The molecular formula is C28H28O6. The van der Waals surface area contributed by atoms with Crippen LogP contribution in [-0.2, 0) is 4.74 Å². The Kier molecular flexibility index (Phi) is 6.87. The lowest BCUT2D eigenvalue weighted by atomic mass is 9.91. The van der Waals surface area contributed by atoms with Gasteiger partial charge in [0.25, 0.3) is 5.43 Å². The number of aliphatic hydroxyl groups is 2. The summed E-state index contributed by atoms with van der Waals surface area (Å²) in [5, 5.41) is 20.0. The van der Waals surface area contributed by atoms with E-state index in [0.29, 0.717) is 35.7 Å². The smallest absolute Gasteiger partial charge is 0.268 e. The van der Waals surface area contributed by atoms with Crippen molar-refractivity contribution in [2.24, 2.45) is 0 Å². The van der Waals surface area contributed by atoms with Crippen molar-refractivity contribution in [2.75, 3.05) is 13.2 Å². The van der Waals surface area contributed by atoms with Crippen molar-refractivity contribution in [3.05, 3.63) is 91.8 Å². The van der Waals surface area contributed by atoms with Crippen molar-refractivity contribution < 1.29 is 19.7 Å². The molecule has 0 aromatic heterocycles. The van der Waals surface area contributed by atoms with E-state index in [1.54, 1.807) is 0 Å². The molecule has 0 unspecified atom stereocenters. The summed E-state index contributed by atoms with van der Waals surface area (Å²) in [6, 6.07) is 15.0. The van der Waals surface area contributed by atoms with Crippen LogP contribution in [0.1, 0.15) is 45.1 Å². The van der Waals surface area contributed by atoms with Crippen LogP contribution in [0.5, 0.6) is 5.75 Å². The number of hydrogen-bond acceptors (Lipinski definition) is 6. The SMILES string of the molecule is CCCCOC1=C(c2ccc(-c3ccc(-c4c(OCCCC)c(=O)c4=O)cc3)cc2)C(O)=C1O. The van der Waals surface area contributed by atoms with Gasteiger partial charge in [-0.3, -0.25) is 9.59 Å². The standard InChI is InChI=1S/C28H28O6/c1-3-5-15-33-27-21(23(29)25(27)31)19-11-7-17(8-12-19)18-9-13-20(14-10-18)22-24(30)26(32)28(22)34-16-6-4-2/h7-14,29,31H,3-6,15-16H2,1-2H3. The number of hydrogen-bond donors (Lipinski definition) is 2. The first kappa shape index (κ1) is 23.4. The van der Waals surface area contributed by atoms with E-state index in [1.807, 2.05) is 55.5 Å². The number of unbranched alkanes of at least 4 members (excludes halogenated alkanes) is 2. The van der Waals surface area contributed by atoms with Crippen LogP contribution in [0.15, 0.2) is 75.4 Å². The third kappa shape index (κ3) is 4.23. The van der Waals surface area contributed by atoms with E-state index in [0.717, 1.165) is 42.4 Å². The summed E-state index contributed by atoms with van der Waals surface area (Å²) in [6.07, 6.45) is 3.60. The fourth-order valence-electron chi connectivity index (χ4n) is 3.86. The first-order chi connectivity index (χ1) is 16.5. The lowest BCUT2D eigenvalue weighted by Crippen LogP contribution is -2.34. The molecule has 2 N–H and O–H groups in total. The van der Waals surface area contributed by atoms with Crippen molar-refractivity contribution in [3.63, 3.8) is 0 Å². The highest BCUT2D eigenvalue weighted by Gasteiger charge is 2.32. The van der Waals surface area contributed by atoms with Crippen LogP contribution in [0.25, 0.3) is 27.8 Å². The van der Waals surface area contributed by atoms with Crippen LogP contribution >= 0.6 is 0 Å². The Morgan fingerprint density at radius 1 is 0.647 bits per heavy atom. The highest BCUT2D eigenvalue weighted by Crippen LogP contribution is 2.40. The average Bonchev–Trinajstić information content (AvgIpc) is 2.87. The molecule has 0 fully saturated rings. The van der Waals surface area contributed by atoms with Gasteiger partial charge in [-0.1, -0.05) is 75.2 Å². The molecule has 6 nitrogen and oxygen atoms in total. The number of benzene rings is 2. The van der Waals surface area contributed by atoms with Gasteiger partial charge in [0.1, 0.15) is 0 Å². The van der Waals surface area contributed by atoms with Gasteiger partial charge in [0.05, 0.1) is 24.4 Å². The Bertz CT molecular complexity index is 1300. The zero-order valence-electron chi connectivity index (χ0n) is 19.4. The normalized spacial score (nSPS) is 13.4. The Morgan fingerprint density at radius 3 is 1.71 bits per heavy atom. The molecule has 3 aromatic rings. The van der Waals surface area contributed by atoms with Crippen LogP contribution in [0, 0.1) is 0 Å². The predicted octanol–water partition coefficient (Wildman–Crippen LogP) is 5.66. The summed E-state index contributed by atoms with van der Waals surface area (Å²) in [4.78, 5) is 24.0. The topological polar surface area (TPSA) is 93.1 Å². The van der Waals surface area contributed by atoms with Crippen LogP contribution in [0.2, 0.25) is 0 Å². The largest absolute Gasteiger partial charge is 0.504 e. The summed E-state index contributed by atoms with van der Waals surface area (Å²) in [5.74, 6) is 0.126. The average molecular weight is 461 g/mol. The maximum absolute atomic E-state index is 12.1. The first-order valence-corrected chi connectivity index (χ1v) is 11.6. The molecule has 0 amide bonds. The zero-order valence-corrected chi connectivity index (χ0v) is 19.4. The van der Waals surface area contributed by atoms with Crippen molar-refractivity contribution in [1.29, 1.82) is 0 Å².